The lowest BCUT2D eigenvalue weighted by atomic mass is 10.2. The molecule has 0 aliphatic rings. The van der Waals surface area contributed by atoms with Crippen molar-refractivity contribution in [2.24, 2.45) is 0 Å². The molecule has 0 spiro atoms. The van der Waals surface area contributed by atoms with Crippen LogP contribution >= 0.6 is 23.3 Å². The van der Waals surface area contributed by atoms with Crippen LogP contribution in [0.3, 0.4) is 0 Å². The number of anilines is 3. The largest absolute Gasteiger partial charge is 0.397 e. The fraction of sp³-hybridized carbons (Fsp3) is 0. The second kappa shape index (κ2) is 4.64. The molecule has 3 aromatic rings. The molecule has 1 aromatic heterocycles. The van der Waals surface area contributed by atoms with E-state index in [1.807, 2.05) is 0 Å². The van der Waals surface area contributed by atoms with Gasteiger partial charge in [0.2, 0.25) is 0 Å². The Balaban J connectivity index is 2.10. The molecule has 0 saturated carbocycles. The summed E-state index contributed by atoms with van der Waals surface area (Å²) in [6, 6.07) is 7.65. The number of halogens is 2. The molecule has 0 saturated heterocycles. The number of nitrogen functional groups attached to an aromatic ring is 1. The summed E-state index contributed by atoms with van der Waals surface area (Å²) in [5, 5.41) is 3.58. The monoisotopic (exact) mass is 294 g/mol. The summed E-state index contributed by atoms with van der Waals surface area (Å²) in [5.41, 5.74) is 8.67. The Morgan fingerprint density at radius 2 is 2.05 bits per heavy atom. The van der Waals surface area contributed by atoms with Crippen molar-refractivity contribution in [2.45, 2.75) is 0 Å². The molecule has 0 amide bonds. The van der Waals surface area contributed by atoms with E-state index < -0.39 is 0 Å². The number of hydrogen-bond acceptors (Lipinski definition) is 5. The van der Waals surface area contributed by atoms with E-state index in [0.717, 1.165) is 17.2 Å². The molecular weight excluding hydrogens is 287 g/mol. The van der Waals surface area contributed by atoms with Gasteiger partial charge in [0.05, 0.1) is 33.8 Å². The van der Waals surface area contributed by atoms with Gasteiger partial charge in [-0.05, 0) is 30.3 Å². The van der Waals surface area contributed by atoms with E-state index in [1.54, 1.807) is 18.2 Å². The molecule has 96 valence electrons. The van der Waals surface area contributed by atoms with E-state index in [1.165, 1.54) is 12.1 Å². The van der Waals surface area contributed by atoms with E-state index in [4.69, 9.17) is 17.3 Å². The molecule has 19 heavy (non-hydrogen) atoms. The van der Waals surface area contributed by atoms with Crippen molar-refractivity contribution in [3.8, 4) is 0 Å². The summed E-state index contributed by atoms with van der Waals surface area (Å²) in [6.45, 7) is 0. The van der Waals surface area contributed by atoms with Crippen LogP contribution in [0, 0.1) is 5.82 Å². The first kappa shape index (κ1) is 12.1. The third-order valence-electron chi connectivity index (χ3n) is 2.65. The van der Waals surface area contributed by atoms with Crippen molar-refractivity contribution in [1.82, 2.24) is 8.75 Å². The molecule has 0 atom stereocenters. The second-order valence-electron chi connectivity index (χ2n) is 3.91. The average Bonchev–Trinajstić information content (AvgIpc) is 2.84. The third kappa shape index (κ3) is 2.20. The number of hydrogen-bond donors (Lipinski definition) is 2. The van der Waals surface area contributed by atoms with Gasteiger partial charge in [0, 0.05) is 0 Å². The molecule has 0 unspecified atom stereocenters. The molecule has 3 N–H and O–H groups in total. The van der Waals surface area contributed by atoms with Crippen LogP contribution in [0.1, 0.15) is 0 Å². The Bertz CT molecular complexity index is 759. The molecule has 7 heteroatoms. The van der Waals surface area contributed by atoms with Gasteiger partial charge in [0.15, 0.2) is 0 Å². The van der Waals surface area contributed by atoms with Gasteiger partial charge in [0.1, 0.15) is 16.9 Å². The van der Waals surface area contributed by atoms with Crippen molar-refractivity contribution in [3.63, 3.8) is 0 Å². The Morgan fingerprint density at radius 1 is 1.21 bits per heavy atom. The minimum Gasteiger partial charge on any atom is -0.397 e. The van der Waals surface area contributed by atoms with E-state index >= 15 is 0 Å². The van der Waals surface area contributed by atoms with Crippen molar-refractivity contribution >= 4 is 51.4 Å². The lowest BCUT2D eigenvalue weighted by Gasteiger charge is -2.11. The number of nitrogens with one attached hydrogen (secondary N) is 1. The van der Waals surface area contributed by atoms with Crippen LogP contribution in [0.2, 0.25) is 5.02 Å². The number of benzene rings is 2. The zero-order chi connectivity index (χ0) is 13.4. The minimum atomic E-state index is -0.386. The molecule has 0 radical (unpaired) electrons. The van der Waals surface area contributed by atoms with Gasteiger partial charge in [-0.1, -0.05) is 11.6 Å². The van der Waals surface area contributed by atoms with Crippen LogP contribution in [0.25, 0.3) is 11.0 Å². The molecule has 0 bridgehead atoms. The molecule has 1 heterocycles. The molecule has 0 aliphatic heterocycles. The Morgan fingerprint density at radius 3 is 2.84 bits per heavy atom. The summed E-state index contributed by atoms with van der Waals surface area (Å²) in [4.78, 5) is 0. The lowest BCUT2D eigenvalue weighted by molar-refractivity contribution is 0.628. The molecular formula is C12H8ClFN4S. The number of fused-ring (bicyclic) bond motifs is 1. The first-order chi connectivity index (χ1) is 9.15. The summed E-state index contributed by atoms with van der Waals surface area (Å²) in [6.07, 6.45) is 0. The van der Waals surface area contributed by atoms with Crippen LogP contribution < -0.4 is 11.1 Å². The van der Waals surface area contributed by atoms with Gasteiger partial charge >= 0.3 is 0 Å². The van der Waals surface area contributed by atoms with E-state index in [0.29, 0.717) is 27.6 Å². The van der Waals surface area contributed by atoms with Gasteiger partial charge in [-0.2, -0.15) is 8.75 Å². The minimum absolute atomic E-state index is 0.302. The molecule has 0 fully saturated rings. The Hall–Kier alpha value is -1.92. The maximum Gasteiger partial charge on any atom is 0.129 e. The average molecular weight is 295 g/mol. The van der Waals surface area contributed by atoms with Crippen molar-refractivity contribution in [2.75, 3.05) is 11.1 Å². The van der Waals surface area contributed by atoms with Crippen LogP contribution in [0.4, 0.5) is 21.5 Å². The van der Waals surface area contributed by atoms with Gasteiger partial charge in [-0.25, -0.2) is 4.39 Å². The van der Waals surface area contributed by atoms with Crippen molar-refractivity contribution < 1.29 is 4.39 Å². The normalized spacial score (nSPS) is 10.8. The van der Waals surface area contributed by atoms with Gasteiger partial charge in [-0.15, -0.1) is 0 Å². The zero-order valence-electron chi connectivity index (χ0n) is 9.52. The number of nitrogens with zero attached hydrogens (tertiary/aromatic N) is 2. The highest BCUT2D eigenvalue weighted by molar-refractivity contribution is 7.00. The first-order valence-electron chi connectivity index (χ1n) is 5.38. The molecule has 0 aliphatic carbocycles. The maximum absolute atomic E-state index is 13.0. The first-order valence-corrected chi connectivity index (χ1v) is 6.49. The predicted molar refractivity (Wildman–Crippen MR) is 76.5 cm³/mol. The van der Waals surface area contributed by atoms with Crippen LogP contribution in [0.5, 0.6) is 0 Å². The second-order valence-corrected chi connectivity index (χ2v) is 4.85. The fourth-order valence-corrected chi connectivity index (χ4v) is 2.47. The van der Waals surface area contributed by atoms with Gasteiger partial charge in [0.25, 0.3) is 0 Å². The summed E-state index contributed by atoms with van der Waals surface area (Å²) in [7, 11) is 0. The standard InChI is InChI=1S/C12H8ClFN4S/c13-7-2-4-10-12(18-19-17-10)11(7)16-9-3-1-6(14)5-8(9)15/h1-5,16H,15H2. The van der Waals surface area contributed by atoms with Crippen LogP contribution in [-0.2, 0) is 0 Å². The van der Waals surface area contributed by atoms with E-state index in [9.17, 15) is 4.39 Å². The van der Waals surface area contributed by atoms with E-state index in [2.05, 4.69) is 14.1 Å². The number of aromatic nitrogens is 2. The third-order valence-corrected chi connectivity index (χ3v) is 3.51. The Labute approximate surface area is 117 Å². The van der Waals surface area contributed by atoms with Gasteiger partial charge in [-0.3, -0.25) is 0 Å². The summed E-state index contributed by atoms with van der Waals surface area (Å²) >= 11 is 7.26. The SMILES string of the molecule is Nc1cc(F)ccc1Nc1c(Cl)ccc2nsnc12. The van der Waals surface area contributed by atoms with Gasteiger partial charge < -0.3 is 11.1 Å². The molecule has 4 nitrogen and oxygen atoms in total. The highest BCUT2D eigenvalue weighted by Crippen LogP contribution is 2.34. The smallest absolute Gasteiger partial charge is 0.129 e. The van der Waals surface area contributed by atoms with E-state index in [-0.39, 0.29) is 5.82 Å². The Kier molecular flexibility index (Phi) is 2.96. The lowest BCUT2D eigenvalue weighted by Crippen LogP contribution is -1.98. The predicted octanol–water partition coefficient (Wildman–Crippen LogP) is 3.81. The van der Waals surface area contributed by atoms with Crippen molar-refractivity contribution in [3.05, 3.63) is 41.2 Å². The number of nitrogens with two attached hydrogens (primary N) is 1. The summed E-state index contributed by atoms with van der Waals surface area (Å²) < 4.78 is 21.3. The highest BCUT2D eigenvalue weighted by atomic mass is 35.5. The highest BCUT2D eigenvalue weighted by Gasteiger charge is 2.11. The van der Waals surface area contributed by atoms with Crippen LogP contribution in [0.15, 0.2) is 30.3 Å². The zero-order valence-corrected chi connectivity index (χ0v) is 11.1. The van der Waals surface area contributed by atoms with Crippen molar-refractivity contribution in [1.29, 1.82) is 0 Å². The molecule has 2 aromatic carbocycles. The fourth-order valence-electron chi connectivity index (χ4n) is 1.73. The summed E-state index contributed by atoms with van der Waals surface area (Å²) in [5.74, 6) is -0.386. The number of rotatable bonds is 2. The quantitative estimate of drug-likeness (QED) is 0.706. The topological polar surface area (TPSA) is 63.8 Å². The van der Waals surface area contributed by atoms with Crippen LogP contribution in [-0.4, -0.2) is 8.75 Å². The maximum atomic E-state index is 13.0. The molecule has 3 rings (SSSR count).